The van der Waals surface area contributed by atoms with Gasteiger partial charge in [-0.1, -0.05) is 29.1 Å². The number of hydrogen-bond acceptors (Lipinski definition) is 5. The number of nitrogens with zero attached hydrogens (tertiary/aromatic N) is 3. The van der Waals surface area contributed by atoms with Crippen LogP contribution in [-0.4, -0.2) is 44.8 Å². The summed E-state index contributed by atoms with van der Waals surface area (Å²) in [6.45, 7) is 2.34. The van der Waals surface area contributed by atoms with E-state index in [0.717, 1.165) is 12.8 Å². The number of hydrogen-bond donors (Lipinski definition) is 2. The molecule has 7 heteroatoms. The summed E-state index contributed by atoms with van der Waals surface area (Å²) in [7, 11) is 0. The van der Waals surface area contributed by atoms with Gasteiger partial charge in [-0.3, -0.25) is 5.10 Å². The molecule has 2 aliphatic rings. The first-order valence-electron chi connectivity index (χ1n) is 8.86. The van der Waals surface area contributed by atoms with E-state index in [2.05, 4.69) is 44.6 Å². The molecule has 1 saturated carbocycles. The maximum absolute atomic E-state index is 11.1. The van der Waals surface area contributed by atoms with Gasteiger partial charge >= 0.3 is 5.97 Å². The maximum atomic E-state index is 11.1. The number of carboxylic acids is 1. The zero-order valence-corrected chi connectivity index (χ0v) is 14.8. The van der Waals surface area contributed by atoms with Crippen LogP contribution >= 0.6 is 11.8 Å². The van der Waals surface area contributed by atoms with Gasteiger partial charge in [-0.25, -0.2) is 4.79 Å². The Kier molecular flexibility index (Phi) is 4.65. The Morgan fingerprint density at radius 2 is 1.88 bits per heavy atom. The Morgan fingerprint density at radius 1 is 1.16 bits per heavy atom. The van der Waals surface area contributed by atoms with E-state index in [1.165, 1.54) is 55.4 Å². The first-order chi connectivity index (χ1) is 12.2. The minimum Gasteiger partial charge on any atom is -0.476 e. The maximum Gasteiger partial charge on any atom is 0.356 e. The van der Waals surface area contributed by atoms with Crippen molar-refractivity contribution >= 4 is 23.4 Å². The highest BCUT2D eigenvalue weighted by molar-refractivity contribution is 8.00. The second-order valence-corrected chi connectivity index (χ2v) is 8.13. The normalized spacial score (nSPS) is 23.3. The molecule has 0 bridgehead atoms. The summed E-state index contributed by atoms with van der Waals surface area (Å²) in [4.78, 5) is 13.6. The number of rotatable bonds is 5. The van der Waals surface area contributed by atoms with Gasteiger partial charge in [0.05, 0.1) is 0 Å². The fourth-order valence-corrected chi connectivity index (χ4v) is 4.95. The van der Waals surface area contributed by atoms with Crippen molar-refractivity contribution in [3.63, 3.8) is 0 Å². The summed E-state index contributed by atoms with van der Waals surface area (Å²) in [5.74, 6) is -0.440. The van der Waals surface area contributed by atoms with Crippen LogP contribution < -0.4 is 4.90 Å². The van der Waals surface area contributed by atoms with Crippen molar-refractivity contribution in [2.45, 2.75) is 48.3 Å². The summed E-state index contributed by atoms with van der Waals surface area (Å²) in [5, 5.41) is 20.0. The molecule has 0 atom stereocenters. The molecule has 1 aromatic carbocycles. The van der Waals surface area contributed by atoms with Crippen molar-refractivity contribution in [3.05, 3.63) is 35.5 Å². The second-order valence-electron chi connectivity index (χ2n) is 6.84. The molecule has 1 aromatic heterocycles. The molecule has 0 radical (unpaired) electrons. The summed E-state index contributed by atoms with van der Waals surface area (Å²) in [6.07, 6.45) is 6.05. The van der Waals surface area contributed by atoms with Gasteiger partial charge < -0.3 is 10.0 Å². The lowest BCUT2D eigenvalue weighted by Crippen LogP contribution is -2.29. The summed E-state index contributed by atoms with van der Waals surface area (Å²) in [6, 6.07) is 9.02. The second kappa shape index (κ2) is 7.07. The average Bonchev–Trinajstić information content (AvgIpc) is 3.07. The van der Waals surface area contributed by atoms with Crippen LogP contribution in [0.15, 0.2) is 29.3 Å². The van der Waals surface area contributed by atoms with Crippen molar-refractivity contribution in [2.75, 3.05) is 18.0 Å². The summed E-state index contributed by atoms with van der Waals surface area (Å²) >= 11 is 1.52. The molecule has 1 aliphatic carbocycles. The lowest BCUT2D eigenvalue weighted by atomic mass is 9.79. The number of nitrogens with one attached hydrogen (secondary N) is 1. The summed E-state index contributed by atoms with van der Waals surface area (Å²) in [5.41, 5.74) is 2.82. The van der Waals surface area contributed by atoms with Crippen molar-refractivity contribution in [1.29, 1.82) is 0 Å². The number of aromatic nitrogens is 3. The molecule has 0 spiro atoms. The highest BCUT2D eigenvalue weighted by Crippen LogP contribution is 2.46. The van der Waals surface area contributed by atoms with Gasteiger partial charge in [0.15, 0.2) is 10.7 Å². The zero-order valence-electron chi connectivity index (χ0n) is 14.0. The van der Waals surface area contributed by atoms with Crippen molar-refractivity contribution in [1.82, 2.24) is 15.4 Å². The average molecular weight is 358 g/mol. The fraction of sp³-hybridized carbons (Fsp3) is 0.500. The molecule has 2 fully saturated rings. The number of H-pyrrole nitrogens is 1. The molecule has 4 rings (SSSR count). The van der Waals surface area contributed by atoms with E-state index >= 15 is 0 Å². The van der Waals surface area contributed by atoms with Crippen molar-refractivity contribution in [2.24, 2.45) is 0 Å². The molecule has 0 amide bonds. The number of piperidine rings is 1. The number of anilines is 1. The van der Waals surface area contributed by atoms with Crippen LogP contribution in [0.25, 0.3) is 0 Å². The third kappa shape index (κ3) is 3.51. The largest absolute Gasteiger partial charge is 0.476 e. The molecule has 25 heavy (non-hydrogen) atoms. The minimum absolute atomic E-state index is 0.0966. The molecule has 1 saturated heterocycles. The third-order valence-electron chi connectivity index (χ3n) is 5.19. The number of carboxylic acid groups (broad SMARTS) is 1. The predicted molar refractivity (Wildman–Crippen MR) is 97.5 cm³/mol. The molecular formula is C18H22N4O2S. The molecule has 132 valence electrons. The van der Waals surface area contributed by atoms with Crippen LogP contribution in [0.2, 0.25) is 0 Å². The lowest BCUT2D eigenvalue weighted by Gasteiger charge is -2.35. The van der Waals surface area contributed by atoms with Gasteiger partial charge in [-0.2, -0.15) is 0 Å². The van der Waals surface area contributed by atoms with Gasteiger partial charge in [0, 0.05) is 24.0 Å². The fourth-order valence-electron chi connectivity index (χ4n) is 3.64. The molecule has 0 unspecified atom stereocenters. The topological polar surface area (TPSA) is 82.1 Å². The van der Waals surface area contributed by atoms with E-state index in [9.17, 15) is 4.79 Å². The van der Waals surface area contributed by atoms with E-state index < -0.39 is 5.97 Å². The van der Waals surface area contributed by atoms with E-state index in [1.54, 1.807) is 0 Å². The lowest BCUT2D eigenvalue weighted by molar-refractivity contribution is 0.0686. The van der Waals surface area contributed by atoms with Gasteiger partial charge in [-0.15, -0.1) is 5.10 Å². The van der Waals surface area contributed by atoms with Crippen LogP contribution in [0.5, 0.6) is 0 Å². The Morgan fingerprint density at radius 3 is 2.56 bits per heavy atom. The quantitative estimate of drug-likeness (QED) is 0.851. The predicted octanol–water partition coefficient (Wildman–Crippen LogP) is 3.53. The van der Waals surface area contributed by atoms with Crippen LogP contribution in [0.4, 0.5) is 5.69 Å². The molecule has 1 aliphatic heterocycles. The van der Waals surface area contributed by atoms with Gasteiger partial charge in [-0.05, 0) is 55.7 Å². The first kappa shape index (κ1) is 16.4. The van der Waals surface area contributed by atoms with Gasteiger partial charge in [0.1, 0.15) is 0 Å². The monoisotopic (exact) mass is 358 g/mol. The number of thioether (sulfide) groups is 1. The minimum atomic E-state index is -1.00. The Hall–Kier alpha value is -2.02. The SMILES string of the molecule is O=C(O)c1[nH]nnc1S[C@H]1C[C@H](c2ccc(N3CCCCC3)cc2)C1. The van der Waals surface area contributed by atoms with Crippen LogP contribution in [-0.2, 0) is 0 Å². The van der Waals surface area contributed by atoms with Crippen molar-refractivity contribution < 1.29 is 9.90 Å². The molecule has 2 N–H and O–H groups in total. The molecule has 6 nitrogen and oxygen atoms in total. The Labute approximate surface area is 151 Å². The van der Waals surface area contributed by atoms with Crippen LogP contribution in [0.1, 0.15) is 54.1 Å². The molecule has 2 aromatic rings. The van der Waals surface area contributed by atoms with Crippen LogP contribution in [0.3, 0.4) is 0 Å². The Balaban J connectivity index is 1.32. The van der Waals surface area contributed by atoms with E-state index in [1.807, 2.05) is 0 Å². The first-order valence-corrected chi connectivity index (χ1v) is 9.74. The van der Waals surface area contributed by atoms with Crippen molar-refractivity contribution in [3.8, 4) is 0 Å². The van der Waals surface area contributed by atoms with Gasteiger partial charge in [0.25, 0.3) is 0 Å². The number of aromatic carboxylic acids is 1. The van der Waals surface area contributed by atoms with E-state index in [-0.39, 0.29) is 5.69 Å². The third-order valence-corrected chi connectivity index (χ3v) is 6.42. The molecule has 2 heterocycles. The highest BCUT2D eigenvalue weighted by Gasteiger charge is 2.33. The number of carbonyl (C=O) groups is 1. The van der Waals surface area contributed by atoms with E-state index in [4.69, 9.17) is 5.11 Å². The van der Waals surface area contributed by atoms with Gasteiger partial charge in [0.2, 0.25) is 0 Å². The van der Waals surface area contributed by atoms with E-state index in [0.29, 0.717) is 16.2 Å². The smallest absolute Gasteiger partial charge is 0.356 e. The zero-order chi connectivity index (χ0) is 17.2. The number of aromatic amines is 1. The molecular weight excluding hydrogens is 336 g/mol. The summed E-state index contributed by atoms with van der Waals surface area (Å²) < 4.78 is 0. The standard InChI is InChI=1S/C18H22N4O2S/c23-18(24)16-17(20-21-19-16)25-15-10-13(11-15)12-4-6-14(7-5-12)22-8-2-1-3-9-22/h4-7,13,15H,1-3,8-11H2,(H,23,24)(H,19,20,21)/t13-,15-. The van der Waals surface area contributed by atoms with Crippen LogP contribution in [0, 0.1) is 0 Å². The Bertz CT molecular complexity index is 734. The highest BCUT2D eigenvalue weighted by atomic mass is 32.2. The number of benzene rings is 1.